The molecule has 0 radical (unpaired) electrons. The Morgan fingerprint density at radius 1 is 0.927 bits per heavy atom. The van der Waals surface area contributed by atoms with Gasteiger partial charge in [-0.25, -0.2) is 9.79 Å². The highest BCUT2D eigenvalue weighted by molar-refractivity contribution is 8.16. The summed E-state index contributed by atoms with van der Waals surface area (Å²) in [6, 6.07) is 24.2. The van der Waals surface area contributed by atoms with E-state index in [4.69, 9.17) is 19.2 Å². The summed E-state index contributed by atoms with van der Waals surface area (Å²) in [6.45, 7) is 2.35. The number of methoxy groups -OCH3 is 2. The van der Waals surface area contributed by atoms with E-state index in [1.807, 2.05) is 83.1 Å². The van der Waals surface area contributed by atoms with E-state index in [1.165, 1.54) is 11.8 Å². The summed E-state index contributed by atoms with van der Waals surface area (Å²) in [5, 5.41) is 5.59. The van der Waals surface area contributed by atoms with Crippen LogP contribution in [0.1, 0.15) is 36.1 Å². The predicted octanol–water partition coefficient (Wildman–Crippen LogP) is 5.73. The molecule has 2 heterocycles. The fraction of sp³-hybridized carbons (Fsp3) is 0.219. The second-order valence-electron chi connectivity index (χ2n) is 9.54. The van der Waals surface area contributed by atoms with Crippen molar-refractivity contribution in [2.45, 2.75) is 32.5 Å². The zero-order chi connectivity index (χ0) is 28.8. The van der Waals surface area contributed by atoms with E-state index in [1.54, 1.807) is 27.2 Å². The minimum Gasteiger partial charge on any atom is -0.497 e. The Morgan fingerprint density at radius 3 is 2.20 bits per heavy atom. The maximum absolute atomic E-state index is 13.7. The summed E-state index contributed by atoms with van der Waals surface area (Å²) >= 11 is 1.42. The van der Waals surface area contributed by atoms with Crippen LogP contribution in [0.2, 0.25) is 0 Å². The number of rotatable bonds is 10. The molecule has 0 aromatic heterocycles. The largest absolute Gasteiger partial charge is 0.497 e. The Morgan fingerprint density at radius 2 is 1.56 bits per heavy atom. The summed E-state index contributed by atoms with van der Waals surface area (Å²) < 4.78 is 16.9. The number of nitrogens with one attached hydrogen (secondary N) is 1. The van der Waals surface area contributed by atoms with Gasteiger partial charge in [-0.1, -0.05) is 72.4 Å². The van der Waals surface area contributed by atoms with E-state index in [0.29, 0.717) is 34.5 Å². The number of nitrogens with zero attached hydrogens (tertiary/aromatic N) is 2. The van der Waals surface area contributed by atoms with Crippen molar-refractivity contribution >= 4 is 28.8 Å². The molecule has 1 N–H and O–H groups in total. The third-order valence-electron chi connectivity index (χ3n) is 6.80. The fourth-order valence-corrected chi connectivity index (χ4v) is 5.72. The van der Waals surface area contributed by atoms with Crippen molar-refractivity contribution in [1.29, 1.82) is 0 Å². The molecule has 0 saturated carbocycles. The van der Waals surface area contributed by atoms with Gasteiger partial charge < -0.3 is 24.4 Å². The first-order valence-corrected chi connectivity index (χ1v) is 14.0. The number of thioether (sulfide) groups is 1. The molecule has 1 atom stereocenters. The van der Waals surface area contributed by atoms with Crippen molar-refractivity contribution in [1.82, 2.24) is 10.2 Å². The summed E-state index contributed by atoms with van der Waals surface area (Å²) in [5.41, 5.74) is 4.31. The second-order valence-corrected chi connectivity index (χ2v) is 10.4. The van der Waals surface area contributed by atoms with Gasteiger partial charge in [0.25, 0.3) is 0 Å². The van der Waals surface area contributed by atoms with Gasteiger partial charge in [0, 0.05) is 18.3 Å². The number of amides is 1. The first-order chi connectivity index (χ1) is 20.0. The number of hydrogen-bond donors (Lipinski definition) is 1. The van der Waals surface area contributed by atoms with Crippen LogP contribution >= 0.6 is 11.8 Å². The number of amidine groups is 1. The Labute approximate surface area is 243 Å². The van der Waals surface area contributed by atoms with Crippen LogP contribution in [0.15, 0.2) is 106 Å². The van der Waals surface area contributed by atoms with Gasteiger partial charge in [0.05, 0.1) is 38.0 Å². The highest BCUT2D eigenvalue weighted by Crippen LogP contribution is 2.46. The van der Waals surface area contributed by atoms with Crippen molar-refractivity contribution < 1.29 is 23.8 Å². The van der Waals surface area contributed by atoms with Crippen LogP contribution in [0.5, 0.6) is 11.5 Å². The lowest BCUT2D eigenvalue weighted by atomic mass is 9.93. The van der Waals surface area contributed by atoms with Crippen molar-refractivity contribution in [2.75, 3.05) is 14.2 Å². The smallest absolute Gasteiger partial charge is 0.338 e. The Balaban J connectivity index is 1.46. The van der Waals surface area contributed by atoms with Crippen LogP contribution in [0, 0.1) is 0 Å². The average Bonchev–Trinajstić information content (AvgIpc) is 3.40. The van der Waals surface area contributed by atoms with Crippen LogP contribution in [0.4, 0.5) is 0 Å². The number of esters is 1. The molecule has 9 heteroatoms. The summed E-state index contributed by atoms with van der Waals surface area (Å²) in [7, 11) is 3.16. The zero-order valence-corrected chi connectivity index (χ0v) is 23.9. The van der Waals surface area contributed by atoms with E-state index in [2.05, 4.69) is 5.32 Å². The number of benzene rings is 3. The third kappa shape index (κ3) is 6.47. The van der Waals surface area contributed by atoms with Gasteiger partial charge in [0.15, 0.2) is 5.17 Å². The van der Waals surface area contributed by atoms with Crippen LogP contribution < -0.4 is 14.8 Å². The maximum atomic E-state index is 13.7. The van der Waals surface area contributed by atoms with Gasteiger partial charge in [-0.05, 0) is 41.2 Å². The number of ether oxygens (including phenoxy) is 3. The molecule has 0 aliphatic carbocycles. The van der Waals surface area contributed by atoms with Gasteiger partial charge in [-0.2, -0.15) is 0 Å². The highest BCUT2D eigenvalue weighted by atomic mass is 32.2. The SMILES string of the molecule is COc1cc(OC)cc(C2C(C(=O)OCc3ccccc3)=C(C)N=C3SC=C(CC(=O)NCc4ccccc4)N32)c1. The van der Waals surface area contributed by atoms with E-state index in [-0.39, 0.29) is 18.9 Å². The van der Waals surface area contributed by atoms with E-state index in [0.717, 1.165) is 22.4 Å². The first-order valence-electron chi connectivity index (χ1n) is 13.2. The van der Waals surface area contributed by atoms with E-state index >= 15 is 0 Å². The van der Waals surface area contributed by atoms with E-state index < -0.39 is 12.0 Å². The molecular weight excluding hydrogens is 538 g/mol. The average molecular weight is 570 g/mol. The number of carbonyl (C=O) groups is 2. The molecular formula is C32H31N3O5S. The number of allylic oxidation sites excluding steroid dienone is 1. The van der Waals surface area contributed by atoms with Crippen molar-refractivity contribution in [3.05, 3.63) is 118 Å². The summed E-state index contributed by atoms with van der Waals surface area (Å²) in [6.07, 6.45) is 0.113. The van der Waals surface area contributed by atoms with Gasteiger partial charge in [-0.3, -0.25) is 4.79 Å². The second kappa shape index (κ2) is 12.8. The lowest BCUT2D eigenvalue weighted by molar-refractivity contribution is -0.141. The van der Waals surface area contributed by atoms with Gasteiger partial charge in [0.2, 0.25) is 5.91 Å². The molecule has 1 unspecified atom stereocenters. The van der Waals surface area contributed by atoms with Gasteiger partial charge >= 0.3 is 5.97 Å². The van der Waals surface area contributed by atoms with Crippen LogP contribution in [-0.2, 0) is 27.5 Å². The topological polar surface area (TPSA) is 89.5 Å². The molecule has 3 aromatic carbocycles. The molecule has 0 spiro atoms. The molecule has 8 nitrogen and oxygen atoms in total. The maximum Gasteiger partial charge on any atom is 0.338 e. The molecule has 0 saturated heterocycles. The van der Waals surface area contributed by atoms with Crippen LogP contribution in [0.25, 0.3) is 0 Å². The molecule has 210 valence electrons. The van der Waals surface area contributed by atoms with Crippen molar-refractivity contribution in [3.8, 4) is 11.5 Å². The third-order valence-corrected chi connectivity index (χ3v) is 7.69. The molecule has 0 fully saturated rings. The molecule has 41 heavy (non-hydrogen) atoms. The molecule has 3 aromatic rings. The highest BCUT2D eigenvalue weighted by Gasteiger charge is 2.41. The minimum atomic E-state index is -0.613. The Bertz CT molecular complexity index is 1500. The van der Waals surface area contributed by atoms with E-state index in [9.17, 15) is 9.59 Å². The molecule has 2 aliphatic rings. The number of hydrogen-bond acceptors (Lipinski definition) is 8. The lowest BCUT2D eigenvalue weighted by Crippen LogP contribution is -2.38. The lowest BCUT2D eigenvalue weighted by Gasteiger charge is -2.36. The van der Waals surface area contributed by atoms with Crippen molar-refractivity contribution in [3.63, 3.8) is 0 Å². The summed E-state index contributed by atoms with van der Waals surface area (Å²) in [4.78, 5) is 33.5. The van der Waals surface area contributed by atoms with Crippen LogP contribution in [-0.4, -0.2) is 36.2 Å². The fourth-order valence-electron chi connectivity index (χ4n) is 4.76. The quantitative estimate of drug-likeness (QED) is 0.312. The standard InChI is InChI=1S/C32H31N3O5S/c1-21-29(31(37)40-19-23-12-8-5-9-13-23)30(24-14-26(38-2)17-27(15-24)39-3)35-25(20-41-32(35)34-21)16-28(36)33-18-22-10-6-4-7-11-22/h4-15,17,20,30H,16,18-19H2,1-3H3,(H,33,36). The molecule has 1 amide bonds. The molecule has 5 rings (SSSR count). The first kappa shape index (κ1) is 28.0. The number of aliphatic imine (C=N–C) groups is 1. The Kier molecular flexibility index (Phi) is 8.74. The Hall–Kier alpha value is -4.50. The minimum absolute atomic E-state index is 0.113. The predicted molar refractivity (Wildman–Crippen MR) is 159 cm³/mol. The molecule has 0 bridgehead atoms. The monoisotopic (exact) mass is 569 g/mol. The normalized spacial score (nSPS) is 16.0. The van der Waals surface area contributed by atoms with Gasteiger partial charge in [0.1, 0.15) is 18.1 Å². The van der Waals surface area contributed by atoms with Crippen molar-refractivity contribution in [2.24, 2.45) is 4.99 Å². The van der Waals surface area contributed by atoms with Gasteiger partial charge in [-0.15, -0.1) is 0 Å². The number of carbonyl (C=O) groups excluding carboxylic acids is 2. The summed E-state index contributed by atoms with van der Waals surface area (Å²) in [5.74, 6) is 0.543. The van der Waals surface area contributed by atoms with Crippen LogP contribution in [0.3, 0.4) is 0 Å². The number of fused-ring (bicyclic) bond motifs is 1. The molecule has 2 aliphatic heterocycles. The zero-order valence-electron chi connectivity index (χ0n) is 23.1.